The predicted molar refractivity (Wildman–Crippen MR) is 261 cm³/mol. The summed E-state index contributed by atoms with van der Waals surface area (Å²) in [5, 5.41) is 0.579. The Morgan fingerprint density at radius 3 is 1.29 bits per heavy atom. The Balaban J connectivity index is 0.000000222. The van der Waals surface area contributed by atoms with Gasteiger partial charge in [-0.2, -0.15) is 0 Å². The van der Waals surface area contributed by atoms with E-state index in [1.165, 1.54) is 0 Å². The average Bonchev–Trinajstić information content (AvgIpc) is 3.17. The van der Waals surface area contributed by atoms with E-state index in [-0.39, 0.29) is 57.7 Å². The van der Waals surface area contributed by atoms with Gasteiger partial charge in [0.2, 0.25) is 0 Å². The molecule has 0 aliphatic heterocycles. The number of carbonyl (C=O) groups is 6. The fourth-order valence-electron chi connectivity index (χ4n) is 11.4. The normalized spacial score (nSPS) is 25.9. The number of ether oxygens (including phenoxy) is 2. The number of esters is 2. The first-order valence-electron chi connectivity index (χ1n) is 23.8. The van der Waals surface area contributed by atoms with Crippen molar-refractivity contribution in [3.8, 4) is 11.3 Å². The van der Waals surface area contributed by atoms with Crippen LogP contribution in [0.4, 0.5) is 0 Å². The standard InChI is InChI=1S/C30H36ClNO4.C25H33BrO4/c1-18-12-21(23-7-6-22(31)17-32-23)13-19(2)27(18)28-24(33)15-30(16-25(28)34)10-8-20(9-11-30)14-26(35)36-29(3,4)5;1-15-10-18(26)11-16(2)22(15)23-19(27)13-25(14-20(23)28)8-6-17(7-9-25)12-21(29)30-24(3,4)5/h6-7,12-13,17,20,28H,8-11,14-16H2,1-5H3;10-11,17,23H,6-9,12-14H2,1-5H3. The molecular weight excluding hydrogens is 918 g/mol. The third-order valence-electron chi connectivity index (χ3n) is 14.3. The van der Waals surface area contributed by atoms with Gasteiger partial charge >= 0.3 is 11.9 Å². The Bertz CT molecular complexity index is 2270. The van der Waals surface area contributed by atoms with Crippen LogP contribution in [0.3, 0.4) is 0 Å². The van der Waals surface area contributed by atoms with Crippen LogP contribution in [0, 0.1) is 50.4 Å². The molecule has 7 rings (SSSR count). The van der Waals surface area contributed by atoms with Crippen LogP contribution in [0.15, 0.2) is 47.1 Å². The number of aryl methyl sites for hydroxylation is 4. The largest absolute Gasteiger partial charge is 0.460 e. The lowest BCUT2D eigenvalue weighted by atomic mass is 9.59. The number of halogens is 2. The molecule has 1 aromatic heterocycles. The van der Waals surface area contributed by atoms with Gasteiger partial charge in [0.1, 0.15) is 46.2 Å². The summed E-state index contributed by atoms with van der Waals surface area (Å²) in [6, 6.07) is 11.6. The predicted octanol–water partition coefficient (Wildman–Crippen LogP) is 12.9. The minimum Gasteiger partial charge on any atom is -0.460 e. The summed E-state index contributed by atoms with van der Waals surface area (Å²) in [4.78, 5) is 82.1. The highest BCUT2D eigenvalue weighted by Crippen LogP contribution is 2.52. The zero-order chi connectivity index (χ0) is 48.5. The van der Waals surface area contributed by atoms with E-state index in [0.29, 0.717) is 43.5 Å². The number of aromatic nitrogens is 1. The molecule has 66 heavy (non-hydrogen) atoms. The first kappa shape index (κ1) is 51.4. The lowest BCUT2D eigenvalue weighted by Gasteiger charge is -2.43. The SMILES string of the molecule is Cc1cc(-c2ccc(Cl)cn2)cc(C)c1C1C(=O)CC2(CCC(CC(=O)OC(C)(C)C)CC2)CC1=O.Cc1cc(Br)cc(C)c1C1C(=O)CC2(CCC(CC(=O)OC(C)(C)C)CC2)CC1=O. The zero-order valence-corrected chi connectivity index (χ0v) is 43.1. The Morgan fingerprint density at radius 1 is 0.621 bits per heavy atom. The third-order valence-corrected chi connectivity index (χ3v) is 15.0. The molecule has 0 radical (unpaired) electrons. The van der Waals surface area contributed by atoms with E-state index in [4.69, 9.17) is 21.1 Å². The second-order valence-electron chi connectivity index (χ2n) is 22.2. The zero-order valence-electron chi connectivity index (χ0n) is 40.7. The molecule has 9 nitrogen and oxygen atoms in total. The van der Waals surface area contributed by atoms with Crippen molar-refractivity contribution in [3.63, 3.8) is 0 Å². The molecule has 3 aromatic rings. The van der Waals surface area contributed by atoms with Gasteiger partial charge in [-0.3, -0.25) is 33.8 Å². The van der Waals surface area contributed by atoms with Gasteiger partial charge in [-0.15, -0.1) is 0 Å². The maximum absolute atomic E-state index is 13.5. The molecule has 4 aliphatic rings. The van der Waals surface area contributed by atoms with Crippen LogP contribution < -0.4 is 0 Å². The lowest BCUT2D eigenvalue weighted by Crippen LogP contribution is -2.42. The first-order valence-corrected chi connectivity index (χ1v) is 25.0. The minimum absolute atomic E-state index is 0.0282. The number of hydrogen-bond donors (Lipinski definition) is 0. The number of ketones is 4. The van der Waals surface area contributed by atoms with E-state index in [1.807, 2.05) is 99.6 Å². The molecule has 0 atom stereocenters. The highest BCUT2D eigenvalue weighted by molar-refractivity contribution is 9.10. The van der Waals surface area contributed by atoms with Crippen LogP contribution in [0.2, 0.25) is 5.02 Å². The summed E-state index contributed by atoms with van der Waals surface area (Å²) in [6.07, 6.45) is 11.0. The van der Waals surface area contributed by atoms with Gasteiger partial charge in [-0.1, -0.05) is 27.5 Å². The molecular formula is C55H69BrClNO8. The van der Waals surface area contributed by atoms with Gasteiger partial charge < -0.3 is 9.47 Å². The molecule has 1 heterocycles. The van der Waals surface area contributed by atoms with Crippen molar-refractivity contribution in [3.05, 3.63) is 85.5 Å². The van der Waals surface area contributed by atoms with Crippen molar-refractivity contribution in [2.24, 2.45) is 22.7 Å². The van der Waals surface area contributed by atoms with E-state index >= 15 is 0 Å². The van der Waals surface area contributed by atoms with Crippen LogP contribution in [-0.4, -0.2) is 51.3 Å². The molecule has 4 fully saturated rings. The average molecular weight is 988 g/mol. The van der Waals surface area contributed by atoms with Crippen LogP contribution >= 0.6 is 27.5 Å². The molecule has 4 aliphatic carbocycles. The van der Waals surface area contributed by atoms with E-state index in [1.54, 1.807) is 12.3 Å². The molecule has 0 saturated heterocycles. The second-order valence-corrected chi connectivity index (χ2v) is 23.6. The lowest BCUT2D eigenvalue weighted by molar-refractivity contribution is -0.157. The number of pyridine rings is 1. The first-order chi connectivity index (χ1) is 30.7. The molecule has 0 unspecified atom stereocenters. The van der Waals surface area contributed by atoms with Crippen molar-refractivity contribution >= 4 is 62.6 Å². The monoisotopic (exact) mass is 985 g/mol. The highest BCUT2D eigenvalue weighted by atomic mass is 79.9. The van der Waals surface area contributed by atoms with Gasteiger partial charge in [0, 0.05) is 54.8 Å². The van der Waals surface area contributed by atoms with Crippen LogP contribution in [-0.2, 0) is 38.2 Å². The second kappa shape index (κ2) is 20.3. The summed E-state index contributed by atoms with van der Waals surface area (Å²) < 4.78 is 11.9. The van der Waals surface area contributed by atoms with Crippen LogP contribution in [0.1, 0.15) is 177 Å². The number of Topliss-reactive ketones (excluding diaryl/α,β-unsaturated/α-hetero) is 4. The van der Waals surface area contributed by atoms with Gasteiger partial charge in [0.15, 0.2) is 0 Å². The Labute approximate surface area is 405 Å². The summed E-state index contributed by atoms with van der Waals surface area (Å²) in [5.74, 6) is -0.915. The molecule has 0 bridgehead atoms. The van der Waals surface area contributed by atoms with E-state index in [0.717, 1.165) is 100 Å². The molecule has 0 amide bonds. The van der Waals surface area contributed by atoms with Crippen molar-refractivity contribution in [1.29, 1.82) is 0 Å². The van der Waals surface area contributed by atoms with Gasteiger partial charge in [-0.05, 0) is 213 Å². The van der Waals surface area contributed by atoms with E-state index in [9.17, 15) is 28.8 Å². The van der Waals surface area contributed by atoms with Gasteiger partial charge in [0.25, 0.3) is 0 Å². The molecule has 11 heteroatoms. The fraction of sp³-hybridized carbons (Fsp3) is 0.582. The van der Waals surface area contributed by atoms with Gasteiger partial charge in [-0.25, -0.2) is 0 Å². The third kappa shape index (κ3) is 12.7. The van der Waals surface area contributed by atoms with Crippen molar-refractivity contribution in [2.45, 2.75) is 182 Å². The topological polar surface area (TPSA) is 134 Å². The smallest absolute Gasteiger partial charge is 0.306 e. The number of hydrogen-bond acceptors (Lipinski definition) is 9. The van der Waals surface area contributed by atoms with E-state index in [2.05, 4.69) is 20.9 Å². The minimum atomic E-state index is -0.692. The van der Waals surface area contributed by atoms with Crippen molar-refractivity contribution in [2.75, 3.05) is 0 Å². The maximum Gasteiger partial charge on any atom is 0.306 e. The van der Waals surface area contributed by atoms with Crippen LogP contribution in [0.25, 0.3) is 11.3 Å². The number of carbonyl (C=O) groups excluding carboxylic acids is 6. The summed E-state index contributed by atoms with van der Waals surface area (Å²) in [7, 11) is 0. The van der Waals surface area contributed by atoms with Crippen molar-refractivity contribution < 1.29 is 38.2 Å². The van der Waals surface area contributed by atoms with Crippen molar-refractivity contribution in [1.82, 2.24) is 4.98 Å². The summed E-state index contributed by atoms with van der Waals surface area (Å²) >= 11 is 9.47. The Kier molecular flexibility index (Phi) is 15.8. The highest BCUT2D eigenvalue weighted by Gasteiger charge is 2.49. The van der Waals surface area contributed by atoms with Crippen LogP contribution in [0.5, 0.6) is 0 Å². The molecule has 2 spiro atoms. The summed E-state index contributed by atoms with van der Waals surface area (Å²) in [6.45, 7) is 19.1. The summed E-state index contributed by atoms with van der Waals surface area (Å²) in [5.41, 5.74) is 5.92. The number of benzene rings is 2. The molecule has 356 valence electrons. The quantitative estimate of drug-likeness (QED) is 0.167. The number of nitrogens with zero attached hydrogens (tertiary/aromatic N) is 1. The fourth-order valence-corrected chi connectivity index (χ4v) is 12.2. The molecule has 4 saturated carbocycles. The maximum atomic E-state index is 13.5. The Morgan fingerprint density at radius 2 is 0.970 bits per heavy atom. The Hall–Kier alpha value is -4.02. The number of rotatable bonds is 7. The molecule has 0 N–H and O–H groups in total. The molecule has 2 aromatic carbocycles. The van der Waals surface area contributed by atoms with E-state index < -0.39 is 23.0 Å². The van der Waals surface area contributed by atoms with Gasteiger partial charge in [0.05, 0.1) is 10.7 Å².